The topological polar surface area (TPSA) is 77.8 Å². The Bertz CT molecular complexity index is 1030. The molecule has 176 valence electrons. The summed E-state index contributed by atoms with van der Waals surface area (Å²) in [5.74, 6) is 3.03. The van der Waals surface area contributed by atoms with Crippen LogP contribution >= 0.6 is 0 Å². The predicted octanol–water partition coefficient (Wildman–Crippen LogP) is 2.47. The summed E-state index contributed by atoms with van der Waals surface area (Å²) in [7, 11) is 4.97. The monoisotopic (exact) mass is 452 g/mol. The largest absolute Gasteiger partial charge is 0.497 e. The zero-order chi connectivity index (χ0) is 23.2. The number of methoxy groups -OCH3 is 3. The molecule has 2 aromatic carbocycles. The van der Waals surface area contributed by atoms with Gasteiger partial charge in [-0.05, 0) is 52.4 Å². The highest BCUT2D eigenvalue weighted by atomic mass is 16.5. The van der Waals surface area contributed by atoms with Crippen LogP contribution in [-0.4, -0.2) is 84.1 Å². The minimum Gasteiger partial charge on any atom is -0.497 e. The average molecular weight is 453 g/mol. The molecular formula is C24H32N6O3. The lowest BCUT2D eigenvalue weighted by Gasteiger charge is -2.38. The van der Waals surface area contributed by atoms with Crippen LogP contribution < -0.4 is 14.2 Å². The Labute approximate surface area is 194 Å². The molecule has 1 fully saturated rings. The highest BCUT2D eigenvalue weighted by molar-refractivity contribution is 5.45. The summed E-state index contributed by atoms with van der Waals surface area (Å²) in [6.07, 6.45) is 0. The lowest BCUT2D eigenvalue weighted by Crippen LogP contribution is -2.48. The lowest BCUT2D eigenvalue weighted by atomic mass is 10.0. The van der Waals surface area contributed by atoms with Crippen molar-refractivity contribution in [3.05, 3.63) is 59.4 Å². The number of ether oxygens (including phenoxy) is 3. The number of rotatable bonds is 9. The minimum atomic E-state index is -0.0999. The van der Waals surface area contributed by atoms with Crippen molar-refractivity contribution in [3.8, 4) is 17.2 Å². The number of likely N-dealkylation sites (N-methyl/N-ethyl adjacent to an activating group) is 1. The molecule has 0 bridgehead atoms. The molecule has 0 radical (unpaired) electrons. The van der Waals surface area contributed by atoms with E-state index in [1.165, 1.54) is 0 Å². The maximum absolute atomic E-state index is 5.59. The molecule has 9 heteroatoms. The summed E-state index contributed by atoms with van der Waals surface area (Å²) < 4.78 is 18.2. The number of hydrogen-bond donors (Lipinski definition) is 0. The van der Waals surface area contributed by atoms with Crippen LogP contribution in [0.25, 0.3) is 0 Å². The van der Waals surface area contributed by atoms with Crippen molar-refractivity contribution in [2.24, 2.45) is 0 Å². The molecule has 9 nitrogen and oxygen atoms in total. The van der Waals surface area contributed by atoms with Crippen molar-refractivity contribution in [3.63, 3.8) is 0 Å². The van der Waals surface area contributed by atoms with E-state index in [4.69, 9.17) is 14.2 Å². The van der Waals surface area contributed by atoms with Crippen molar-refractivity contribution >= 4 is 0 Å². The van der Waals surface area contributed by atoms with E-state index in [-0.39, 0.29) is 6.04 Å². The Morgan fingerprint density at radius 1 is 0.879 bits per heavy atom. The molecule has 33 heavy (non-hydrogen) atoms. The van der Waals surface area contributed by atoms with Gasteiger partial charge in [-0.25, -0.2) is 4.68 Å². The smallest absolute Gasteiger partial charge is 0.173 e. The fourth-order valence-electron chi connectivity index (χ4n) is 4.31. The van der Waals surface area contributed by atoms with Crippen molar-refractivity contribution in [2.75, 3.05) is 54.1 Å². The second kappa shape index (κ2) is 10.6. The number of aromatic nitrogens is 4. The minimum absolute atomic E-state index is 0.0999. The fraction of sp³-hybridized carbons (Fsp3) is 0.458. The van der Waals surface area contributed by atoms with Gasteiger partial charge in [0.2, 0.25) is 0 Å². The Morgan fingerprint density at radius 2 is 1.61 bits per heavy atom. The molecule has 1 aliphatic rings. The quantitative estimate of drug-likeness (QED) is 0.490. The Hall–Kier alpha value is -3.17. The van der Waals surface area contributed by atoms with Crippen LogP contribution in [0.15, 0.2) is 42.5 Å². The van der Waals surface area contributed by atoms with E-state index in [0.717, 1.165) is 55.4 Å². The number of benzene rings is 2. The third-order valence-electron chi connectivity index (χ3n) is 6.24. The summed E-state index contributed by atoms with van der Waals surface area (Å²) in [4.78, 5) is 4.91. The molecule has 4 rings (SSSR count). The normalized spacial score (nSPS) is 15.9. The van der Waals surface area contributed by atoms with E-state index < -0.39 is 0 Å². The zero-order valence-corrected chi connectivity index (χ0v) is 19.8. The first-order chi connectivity index (χ1) is 16.2. The standard InChI is InChI=1S/C24H32N6O3/c1-5-28-12-14-29(15-13-28)23(19-8-11-21(32-3)22(16-19)33-4)24-25-26-27-30(24)17-18-6-9-20(31-2)10-7-18/h6-11,16,23H,5,12-15,17H2,1-4H3/t23-/m0/s1. The van der Waals surface area contributed by atoms with E-state index in [1.807, 2.05) is 41.1 Å². The Kier molecular flexibility index (Phi) is 7.41. The van der Waals surface area contributed by atoms with Crippen LogP contribution in [0, 0.1) is 0 Å². The molecule has 1 atom stereocenters. The second-order valence-electron chi connectivity index (χ2n) is 8.03. The Morgan fingerprint density at radius 3 is 2.24 bits per heavy atom. The molecule has 0 amide bonds. The van der Waals surface area contributed by atoms with Gasteiger partial charge >= 0.3 is 0 Å². The van der Waals surface area contributed by atoms with E-state index in [1.54, 1.807) is 21.3 Å². The van der Waals surface area contributed by atoms with Crippen molar-refractivity contribution in [1.82, 2.24) is 30.0 Å². The van der Waals surface area contributed by atoms with Crippen LogP contribution in [0.3, 0.4) is 0 Å². The highest BCUT2D eigenvalue weighted by Crippen LogP contribution is 2.35. The molecule has 1 saturated heterocycles. The highest BCUT2D eigenvalue weighted by Gasteiger charge is 2.31. The third kappa shape index (κ3) is 5.09. The third-order valence-corrected chi connectivity index (χ3v) is 6.24. The summed E-state index contributed by atoms with van der Waals surface area (Å²) >= 11 is 0. The van der Waals surface area contributed by atoms with Crippen molar-refractivity contribution < 1.29 is 14.2 Å². The van der Waals surface area contributed by atoms with Crippen LogP contribution in [0.2, 0.25) is 0 Å². The molecular weight excluding hydrogens is 420 g/mol. The second-order valence-corrected chi connectivity index (χ2v) is 8.03. The first-order valence-corrected chi connectivity index (χ1v) is 11.2. The van der Waals surface area contributed by atoms with Gasteiger partial charge in [-0.15, -0.1) is 5.10 Å². The van der Waals surface area contributed by atoms with Crippen LogP contribution in [0.4, 0.5) is 0 Å². The van der Waals surface area contributed by atoms with Gasteiger partial charge in [0.05, 0.1) is 33.9 Å². The SMILES string of the molecule is CCN1CCN([C@@H](c2ccc(OC)c(OC)c2)c2nnnn2Cc2ccc(OC)cc2)CC1. The van der Waals surface area contributed by atoms with Gasteiger partial charge in [-0.1, -0.05) is 25.1 Å². The van der Waals surface area contributed by atoms with E-state index in [2.05, 4.69) is 38.3 Å². The summed E-state index contributed by atoms with van der Waals surface area (Å²) in [5, 5.41) is 12.9. The van der Waals surface area contributed by atoms with E-state index >= 15 is 0 Å². The zero-order valence-electron chi connectivity index (χ0n) is 19.8. The summed E-state index contributed by atoms with van der Waals surface area (Å²) in [6, 6.07) is 13.9. The van der Waals surface area contributed by atoms with Gasteiger partial charge in [-0.3, -0.25) is 4.90 Å². The molecule has 1 aromatic heterocycles. The predicted molar refractivity (Wildman–Crippen MR) is 125 cm³/mol. The van der Waals surface area contributed by atoms with Crippen LogP contribution in [0.1, 0.15) is 29.9 Å². The first kappa shape index (κ1) is 23.0. The van der Waals surface area contributed by atoms with Crippen molar-refractivity contribution in [2.45, 2.75) is 19.5 Å². The molecule has 1 aliphatic heterocycles. The van der Waals surface area contributed by atoms with Gasteiger partial charge in [-0.2, -0.15) is 0 Å². The van der Waals surface area contributed by atoms with Gasteiger partial charge in [0.25, 0.3) is 0 Å². The molecule has 2 heterocycles. The van der Waals surface area contributed by atoms with E-state index in [0.29, 0.717) is 18.0 Å². The maximum atomic E-state index is 5.59. The first-order valence-electron chi connectivity index (χ1n) is 11.2. The van der Waals surface area contributed by atoms with Gasteiger partial charge in [0.15, 0.2) is 17.3 Å². The average Bonchev–Trinajstić information content (AvgIpc) is 3.32. The van der Waals surface area contributed by atoms with Gasteiger partial charge in [0, 0.05) is 26.2 Å². The van der Waals surface area contributed by atoms with Crippen molar-refractivity contribution in [1.29, 1.82) is 0 Å². The lowest BCUT2D eigenvalue weighted by molar-refractivity contribution is 0.108. The van der Waals surface area contributed by atoms with Gasteiger partial charge < -0.3 is 19.1 Å². The summed E-state index contributed by atoms with van der Waals surface area (Å²) in [6.45, 7) is 7.73. The Balaban J connectivity index is 1.69. The number of piperazine rings is 1. The number of tetrazole rings is 1. The molecule has 0 N–H and O–H groups in total. The van der Waals surface area contributed by atoms with Gasteiger partial charge in [0.1, 0.15) is 5.75 Å². The molecule has 0 unspecified atom stereocenters. The molecule has 0 spiro atoms. The van der Waals surface area contributed by atoms with Crippen LogP contribution in [0.5, 0.6) is 17.2 Å². The number of hydrogen-bond acceptors (Lipinski definition) is 8. The van der Waals surface area contributed by atoms with E-state index in [9.17, 15) is 0 Å². The maximum Gasteiger partial charge on any atom is 0.173 e. The number of nitrogens with zero attached hydrogens (tertiary/aromatic N) is 6. The summed E-state index contributed by atoms with van der Waals surface area (Å²) in [5.41, 5.74) is 2.18. The fourth-order valence-corrected chi connectivity index (χ4v) is 4.31. The molecule has 3 aromatic rings. The molecule has 0 saturated carbocycles. The van der Waals surface area contributed by atoms with Crippen LogP contribution in [-0.2, 0) is 6.54 Å². The molecule has 0 aliphatic carbocycles.